The summed E-state index contributed by atoms with van der Waals surface area (Å²) >= 11 is 0. The first-order valence-corrected chi connectivity index (χ1v) is 2.21. The molecular formula is C8H5. The van der Waals surface area contributed by atoms with Gasteiger partial charge in [0.2, 0.25) is 0 Å². The van der Waals surface area contributed by atoms with Gasteiger partial charge in [0.05, 0.1) is 6.42 Å². The molecule has 0 aromatic heterocycles. The molecule has 0 saturated carbocycles. The van der Waals surface area contributed by atoms with E-state index in [1.165, 1.54) is 0 Å². The topological polar surface area (TPSA) is 0 Å². The Morgan fingerprint density at radius 3 is 2.62 bits per heavy atom. The zero-order valence-electron chi connectivity index (χ0n) is 4.71. The third-order valence-electron chi connectivity index (χ3n) is 0.504. The van der Waals surface area contributed by atoms with Crippen molar-refractivity contribution in [2.45, 2.75) is 13.3 Å². The highest BCUT2D eigenvalue weighted by molar-refractivity contribution is 5.21. The first-order chi connectivity index (χ1) is 3.91. The second-order valence-corrected chi connectivity index (χ2v) is 1.03. The number of hydrogen-bond acceptors (Lipinski definition) is 0. The molecule has 0 atom stereocenters. The Kier molecular flexibility index (Phi) is 4.74. The lowest BCUT2D eigenvalue weighted by Crippen LogP contribution is -1.55. The predicted molar refractivity (Wildman–Crippen MR) is 33.0 cm³/mol. The van der Waals surface area contributed by atoms with Crippen LogP contribution in [0.5, 0.6) is 0 Å². The third kappa shape index (κ3) is 4.68. The Labute approximate surface area is 50.3 Å². The summed E-state index contributed by atoms with van der Waals surface area (Å²) in [4.78, 5) is 0. The van der Waals surface area contributed by atoms with E-state index in [2.05, 4.69) is 23.7 Å². The quantitative estimate of drug-likeness (QED) is 0.399. The molecule has 0 aliphatic carbocycles. The maximum atomic E-state index is 6.37. The Hall–Kier alpha value is -1.32. The molecule has 0 heterocycles. The van der Waals surface area contributed by atoms with Crippen molar-refractivity contribution in [1.82, 2.24) is 0 Å². The van der Waals surface area contributed by atoms with Crippen molar-refractivity contribution in [2.24, 2.45) is 0 Å². The van der Waals surface area contributed by atoms with Gasteiger partial charge in [0.1, 0.15) is 0 Å². The van der Waals surface area contributed by atoms with Gasteiger partial charge in [0.25, 0.3) is 0 Å². The second kappa shape index (κ2) is 5.68. The van der Waals surface area contributed by atoms with Gasteiger partial charge in [-0.1, -0.05) is 11.8 Å². The highest BCUT2D eigenvalue weighted by atomic mass is 13.6. The molecule has 0 aromatic rings. The molecule has 0 nitrogen and oxygen atoms in total. The van der Waals surface area contributed by atoms with E-state index < -0.39 is 0 Å². The molecule has 0 aromatic carbocycles. The minimum absolute atomic E-state index is 0.544. The van der Waals surface area contributed by atoms with Crippen LogP contribution in [0.3, 0.4) is 0 Å². The average Bonchev–Trinajstić information content (AvgIpc) is 1.81. The molecule has 0 saturated heterocycles. The first kappa shape index (κ1) is 6.68. The van der Waals surface area contributed by atoms with E-state index in [1.807, 2.05) is 5.92 Å². The minimum Gasteiger partial charge on any atom is -0.106 e. The molecule has 0 amide bonds. The smallest absolute Gasteiger partial charge is 0.0712 e. The predicted octanol–water partition coefficient (Wildman–Crippen LogP) is 0.993. The standard InChI is InChI=1S/C8H5/c1-3-5-7-8-6-4-2/h7H2,1H3. The molecule has 0 spiro atoms. The van der Waals surface area contributed by atoms with E-state index in [-0.39, 0.29) is 0 Å². The monoisotopic (exact) mass is 101 g/mol. The molecule has 1 radical (unpaired) electrons. The minimum atomic E-state index is 0.544. The van der Waals surface area contributed by atoms with Crippen LogP contribution >= 0.6 is 0 Å². The summed E-state index contributed by atoms with van der Waals surface area (Å²) in [5.74, 6) is 12.3. The zero-order chi connectivity index (χ0) is 6.24. The Bertz CT molecular complexity index is 194. The van der Waals surface area contributed by atoms with Crippen LogP contribution in [-0.2, 0) is 0 Å². The summed E-state index contributed by atoms with van der Waals surface area (Å²) in [5.41, 5.74) is 0. The average molecular weight is 101 g/mol. The van der Waals surface area contributed by atoms with Crippen molar-refractivity contribution in [1.29, 1.82) is 0 Å². The van der Waals surface area contributed by atoms with Crippen LogP contribution in [0.4, 0.5) is 0 Å². The normalized spacial score (nSPS) is 4.50. The highest BCUT2D eigenvalue weighted by Gasteiger charge is 1.59. The van der Waals surface area contributed by atoms with Crippen molar-refractivity contribution in [3.05, 3.63) is 6.42 Å². The largest absolute Gasteiger partial charge is 0.106 e. The molecule has 37 valence electrons. The van der Waals surface area contributed by atoms with Crippen molar-refractivity contribution in [3.63, 3.8) is 0 Å². The number of rotatable bonds is 0. The zero-order valence-corrected chi connectivity index (χ0v) is 4.71. The molecule has 0 bridgehead atoms. The van der Waals surface area contributed by atoms with Crippen LogP contribution in [0.1, 0.15) is 13.3 Å². The van der Waals surface area contributed by atoms with Crippen molar-refractivity contribution in [3.8, 4) is 29.6 Å². The van der Waals surface area contributed by atoms with Crippen LogP contribution in [-0.4, -0.2) is 0 Å². The maximum absolute atomic E-state index is 6.37. The second-order valence-electron chi connectivity index (χ2n) is 1.03. The van der Waals surface area contributed by atoms with Crippen LogP contribution < -0.4 is 0 Å². The van der Waals surface area contributed by atoms with Gasteiger partial charge in [-0.2, -0.15) is 0 Å². The van der Waals surface area contributed by atoms with Crippen LogP contribution in [0.25, 0.3) is 0 Å². The number of hydrogen-bond donors (Lipinski definition) is 0. The lowest BCUT2D eigenvalue weighted by molar-refractivity contribution is 1.56. The van der Waals surface area contributed by atoms with Gasteiger partial charge in [-0.05, 0) is 25.2 Å². The summed E-state index contributed by atoms with van der Waals surface area (Å²) in [5, 5.41) is 0. The molecular weight excluding hydrogens is 96.1 g/mol. The summed E-state index contributed by atoms with van der Waals surface area (Å²) in [6.45, 7) is 1.76. The molecule has 8 heavy (non-hydrogen) atoms. The van der Waals surface area contributed by atoms with Gasteiger partial charge in [-0.15, -0.1) is 5.92 Å². The third-order valence-corrected chi connectivity index (χ3v) is 0.504. The van der Waals surface area contributed by atoms with Gasteiger partial charge in [-0.3, -0.25) is 0 Å². The van der Waals surface area contributed by atoms with Crippen LogP contribution in [0, 0.1) is 36.0 Å². The fourth-order valence-corrected chi connectivity index (χ4v) is 0.221. The summed E-state index contributed by atoms with van der Waals surface area (Å²) < 4.78 is 0. The van der Waals surface area contributed by atoms with Crippen LogP contribution in [0.2, 0.25) is 0 Å². The fraction of sp³-hybridized carbons (Fsp3) is 0.250. The van der Waals surface area contributed by atoms with Crippen molar-refractivity contribution < 1.29 is 0 Å². The molecule has 0 aliphatic heterocycles. The highest BCUT2D eigenvalue weighted by Crippen LogP contribution is 1.66. The van der Waals surface area contributed by atoms with E-state index >= 15 is 0 Å². The molecule has 0 N–H and O–H groups in total. The molecule has 0 aliphatic rings. The van der Waals surface area contributed by atoms with Crippen LogP contribution in [0.15, 0.2) is 0 Å². The van der Waals surface area contributed by atoms with E-state index in [1.54, 1.807) is 6.92 Å². The summed E-state index contributed by atoms with van der Waals surface area (Å²) in [6, 6.07) is 0. The Morgan fingerprint density at radius 2 is 2.12 bits per heavy atom. The maximum Gasteiger partial charge on any atom is 0.0712 e. The summed E-state index contributed by atoms with van der Waals surface area (Å²) in [7, 11) is 0. The summed E-state index contributed by atoms with van der Waals surface area (Å²) in [6.07, 6.45) is 6.91. The van der Waals surface area contributed by atoms with Gasteiger partial charge in [-0.25, -0.2) is 0 Å². The lowest BCUT2D eigenvalue weighted by atomic mass is 10.4. The Balaban J connectivity index is 3.43. The van der Waals surface area contributed by atoms with E-state index in [9.17, 15) is 0 Å². The lowest BCUT2D eigenvalue weighted by Gasteiger charge is -1.63. The molecule has 0 rings (SSSR count). The fourth-order valence-electron chi connectivity index (χ4n) is 0.221. The van der Waals surface area contributed by atoms with E-state index in [0.29, 0.717) is 6.42 Å². The van der Waals surface area contributed by atoms with Gasteiger partial charge in [0, 0.05) is 0 Å². The molecule has 0 fully saturated rings. The SMILES string of the molecule is [C]#CC#CCC#CC. The molecule has 0 heteroatoms. The Morgan fingerprint density at radius 1 is 1.38 bits per heavy atom. The van der Waals surface area contributed by atoms with Gasteiger partial charge in [0.15, 0.2) is 0 Å². The van der Waals surface area contributed by atoms with Crippen molar-refractivity contribution >= 4 is 0 Å². The van der Waals surface area contributed by atoms with E-state index in [4.69, 9.17) is 6.42 Å². The van der Waals surface area contributed by atoms with Crippen molar-refractivity contribution in [2.75, 3.05) is 0 Å². The van der Waals surface area contributed by atoms with Gasteiger partial charge >= 0.3 is 0 Å². The first-order valence-electron chi connectivity index (χ1n) is 2.21. The van der Waals surface area contributed by atoms with Gasteiger partial charge < -0.3 is 0 Å². The van der Waals surface area contributed by atoms with E-state index in [0.717, 1.165) is 0 Å². The molecule has 0 unspecified atom stereocenters.